The van der Waals surface area contributed by atoms with Gasteiger partial charge in [-0.2, -0.15) is 0 Å². The minimum atomic E-state index is 0.115. The summed E-state index contributed by atoms with van der Waals surface area (Å²) < 4.78 is 5.37. The predicted octanol–water partition coefficient (Wildman–Crippen LogP) is 17.4. The Balaban J connectivity index is 1.02. The molecule has 0 fully saturated rings. The van der Waals surface area contributed by atoms with Gasteiger partial charge in [0, 0.05) is 0 Å². The van der Waals surface area contributed by atoms with E-state index in [0.29, 0.717) is 0 Å². The van der Waals surface area contributed by atoms with Gasteiger partial charge in [-0.1, -0.05) is 6.07 Å². The number of nitrogens with zero attached hydrogens (tertiary/aromatic N) is 1. The van der Waals surface area contributed by atoms with Crippen LogP contribution in [0.1, 0.15) is 0 Å². The van der Waals surface area contributed by atoms with Crippen molar-refractivity contribution >= 4 is 98.7 Å². The summed E-state index contributed by atoms with van der Waals surface area (Å²) in [6, 6.07) is 88.1. The fourth-order valence-electron chi connectivity index (χ4n) is 11.3. The zero-order chi connectivity index (χ0) is 43.3. The first-order valence-electron chi connectivity index (χ1n) is 22.8. The van der Waals surface area contributed by atoms with Crippen LogP contribution in [0, 0.1) is 0 Å². The van der Waals surface area contributed by atoms with E-state index in [1.165, 1.54) is 129 Å². The quantitative estimate of drug-likeness (QED) is 0.120. The molecule has 0 aliphatic carbocycles. The van der Waals surface area contributed by atoms with E-state index in [0.717, 1.165) is 5.69 Å². The van der Waals surface area contributed by atoms with Gasteiger partial charge in [0.1, 0.15) is 0 Å². The van der Waals surface area contributed by atoms with Gasteiger partial charge in [-0.3, -0.25) is 0 Å². The molecule has 14 aromatic rings. The van der Waals surface area contributed by atoms with Crippen molar-refractivity contribution in [2.75, 3.05) is 0 Å². The Morgan fingerprint density at radius 3 is 1.30 bits per heavy atom. The van der Waals surface area contributed by atoms with E-state index in [4.69, 9.17) is 0 Å². The zero-order valence-electron chi connectivity index (χ0n) is 35.9. The van der Waals surface area contributed by atoms with Crippen molar-refractivity contribution < 1.29 is 0 Å². The summed E-state index contributed by atoms with van der Waals surface area (Å²) >= 11 is 0.115. The first-order valence-corrected chi connectivity index (χ1v) is 24.5. The summed E-state index contributed by atoms with van der Waals surface area (Å²) in [6.07, 6.45) is 0. The van der Waals surface area contributed by atoms with E-state index < -0.39 is 0 Å². The van der Waals surface area contributed by atoms with Crippen molar-refractivity contribution in [2.45, 2.75) is 0 Å². The average molecular weight is 901 g/mol. The minimum absolute atomic E-state index is 0.115. The predicted molar refractivity (Wildman–Crippen MR) is 285 cm³/mol. The molecular formula is C64H39NSe. The van der Waals surface area contributed by atoms with E-state index >= 15 is 0 Å². The molecule has 0 N–H and O–H groups in total. The molecule has 0 aliphatic rings. The van der Waals surface area contributed by atoms with E-state index in [-0.39, 0.29) is 14.5 Å². The summed E-state index contributed by atoms with van der Waals surface area (Å²) in [5.74, 6) is 0. The fourth-order valence-corrected chi connectivity index (χ4v) is 13.8. The molecule has 0 atom stereocenters. The number of hydrogen-bond donors (Lipinski definition) is 0. The number of hydrogen-bond acceptors (Lipinski definition) is 0. The van der Waals surface area contributed by atoms with Gasteiger partial charge >= 0.3 is 384 Å². The summed E-state index contributed by atoms with van der Waals surface area (Å²) in [5.41, 5.74) is 13.9. The summed E-state index contributed by atoms with van der Waals surface area (Å²) in [7, 11) is 0. The number of rotatable bonds is 5. The van der Waals surface area contributed by atoms with Gasteiger partial charge in [0.15, 0.2) is 0 Å². The van der Waals surface area contributed by atoms with Crippen molar-refractivity contribution in [1.29, 1.82) is 0 Å². The summed E-state index contributed by atoms with van der Waals surface area (Å²) in [4.78, 5) is 0. The molecular weight excluding hydrogens is 862 g/mol. The Kier molecular flexibility index (Phi) is 8.37. The van der Waals surface area contributed by atoms with E-state index in [1.54, 1.807) is 0 Å². The maximum absolute atomic E-state index is 2.49. The third-order valence-corrected chi connectivity index (χ3v) is 16.5. The average Bonchev–Trinajstić information content (AvgIpc) is 3.94. The van der Waals surface area contributed by atoms with Crippen LogP contribution < -0.4 is 0 Å². The van der Waals surface area contributed by atoms with Gasteiger partial charge < -0.3 is 0 Å². The third kappa shape index (κ3) is 5.47. The molecule has 1 nitrogen and oxygen atoms in total. The Labute approximate surface area is 387 Å². The van der Waals surface area contributed by atoms with Crippen molar-refractivity contribution in [3.05, 3.63) is 237 Å². The van der Waals surface area contributed by atoms with Crippen LogP contribution in [0.25, 0.3) is 134 Å². The Morgan fingerprint density at radius 2 is 0.712 bits per heavy atom. The summed E-state index contributed by atoms with van der Waals surface area (Å²) in [6.45, 7) is 0. The topological polar surface area (TPSA) is 4.93 Å². The van der Waals surface area contributed by atoms with Gasteiger partial charge in [0.05, 0.1) is 0 Å². The second-order valence-corrected chi connectivity index (χ2v) is 19.6. The van der Waals surface area contributed by atoms with Gasteiger partial charge in [-0.25, -0.2) is 0 Å². The van der Waals surface area contributed by atoms with Crippen LogP contribution in [0.5, 0.6) is 0 Å². The van der Waals surface area contributed by atoms with Crippen molar-refractivity contribution in [1.82, 2.24) is 4.57 Å². The molecule has 12 aromatic carbocycles. The third-order valence-electron chi connectivity index (χ3n) is 14.0. The molecule has 0 bridgehead atoms. The molecule has 2 heterocycles. The Morgan fingerprint density at radius 1 is 0.273 bits per heavy atom. The first-order chi connectivity index (χ1) is 32.8. The molecule has 66 heavy (non-hydrogen) atoms. The molecule has 14 rings (SSSR count). The molecule has 0 aliphatic heterocycles. The second-order valence-electron chi connectivity index (χ2n) is 17.4. The fraction of sp³-hybridized carbons (Fsp3) is 0. The van der Waals surface area contributed by atoms with Crippen LogP contribution in [0.4, 0.5) is 0 Å². The van der Waals surface area contributed by atoms with E-state index in [2.05, 4.69) is 241 Å². The number of benzene rings is 12. The van der Waals surface area contributed by atoms with Gasteiger partial charge in [-0.05, 0) is 0 Å². The molecule has 0 amide bonds. The molecule has 2 heteroatoms. The van der Waals surface area contributed by atoms with Crippen LogP contribution >= 0.6 is 0 Å². The van der Waals surface area contributed by atoms with Crippen LogP contribution in [0.15, 0.2) is 237 Å². The molecule has 0 saturated carbocycles. The second kappa shape index (κ2) is 14.8. The molecule has 0 radical (unpaired) electrons. The van der Waals surface area contributed by atoms with E-state index in [9.17, 15) is 0 Å². The number of aromatic nitrogens is 1. The SMILES string of the molecule is c1ccc(-c2c3ccccc3c(-c3ccc4[se]c5c(-c6c7ccccc7c(-c7cccc8c9ccccc9n(-c9ccccc9)c78)c7ccccc67)cccc5c4c3)c3ccccc23)cc1. The molecule has 0 spiro atoms. The van der Waals surface area contributed by atoms with Crippen LogP contribution in [-0.2, 0) is 0 Å². The van der Waals surface area contributed by atoms with Crippen LogP contribution in [0.2, 0.25) is 0 Å². The molecule has 0 unspecified atom stereocenters. The van der Waals surface area contributed by atoms with Gasteiger partial charge in [0.25, 0.3) is 0 Å². The molecule has 306 valence electrons. The Hall–Kier alpha value is -8.00. The first kappa shape index (κ1) is 37.4. The van der Waals surface area contributed by atoms with Gasteiger partial charge in [0.2, 0.25) is 0 Å². The summed E-state index contributed by atoms with van der Waals surface area (Å²) in [5, 5.41) is 15.5. The molecule has 0 saturated heterocycles. The standard InChI is InChI=1S/C64H39NSe/c1-3-19-40(20-4-1)59-44-24-7-9-26-46(44)60(47-27-10-8-25-45(47)59)41-37-38-58-56(39-41)53-33-18-35-55(64(53)66-58)62-50-30-13-11-28-48(50)61(49-29-12-14-31-51(49)62)54-34-17-32-52-43-23-15-16-36-57(43)65(63(52)54)42-21-5-2-6-22-42/h1-39H. The van der Waals surface area contributed by atoms with Crippen molar-refractivity contribution in [2.24, 2.45) is 0 Å². The number of fused-ring (bicyclic) bond motifs is 10. The Bertz CT molecular complexity index is 4160. The normalized spacial score (nSPS) is 11.9. The van der Waals surface area contributed by atoms with Crippen molar-refractivity contribution in [3.8, 4) is 50.2 Å². The van der Waals surface area contributed by atoms with Crippen molar-refractivity contribution in [3.63, 3.8) is 0 Å². The van der Waals surface area contributed by atoms with Crippen LogP contribution in [-0.4, -0.2) is 19.1 Å². The zero-order valence-corrected chi connectivity index (χ0v) is 37.6. The van der Waals surface area contributed by atoms with Crippen LogP contribution in [0.3, 0.4) is 0 Å². The number of para-hydroxylation sites is 3. The monoisotopic (exact) mass is 901 g/mol. The maximum atomic E-state index is 2.49. The molecule has 2 aromatic heterocycles. The van der Waals surface area contributed by atoms with E-state index in [1.807, 2.05) is 0 Å². The van der Waals surface area contributed by atoms with Gasteiger partial charge in [-0.15, -0.1) is 0 Å².